The van der Waals surface area contributed by atoms with Crippen molar-refractivity contribution >= 4 is 34.7 Å². The zero-order valence-electron chi connectivity index (χ0n) is 15.3. The zero-order valence-corrected chi connectivity index (χ0v) is 16.8. The van der Waals surface area contributed by atoms with Crippen LogP contribution < -0.4 is 10.1 Å². The van der Waals surface area contributed by atoms with E-state index >= 15 is 0 Å². The fourth-order valence-electron chi connectivity index (χ4n) is 2.47. The minimum absolute atomic E-state index is 0.0908. The molecule has 0 aliphatic rings. The summed E-state index contributed by atoms with van der Waals surface area (Å²) in [6.07, 6.45) is 3.14. The molecule has 0 atom stereocenters. The van der Waals surface area contributed by atoms with E-state index in [1.54, 1.807) is 42.6 Å². The second-order valence-corrected chi connectivity index (χ2v) is 7.10. The molecule has 3 aromatic rings. The predicted molar refractivity (Wildman–Crippen MR) is 116 cm³/mol. The molecule has 0 aromatic heterocycles. The molecule has 0 saturated heterocycles. The second-order valence-electron chi connectivity index (χ2n) is 6.26. The van der Waals surface area contributed by atoms with E-state index in [9.17, 15) is 4.79 Å². The highest BCUT2D eigenvalue weighted by atomic mass is 35.5. The van der Waals surface area contributed by atoms with E-state index < -0.39 is 0 Å². The lowest BCUT2D eigenvalue weighted by Gasteiger charge is -2.08. The van der Waals surface area contributed by atoms with Gasteiger partial charge in [-0.15, -0.1) is 0 Å². The summed E-state index contributed by atoms with van der Waals surface area (Å²) >= 11 is 12.0. The van der Waals surface area contributed by atoms with Crippen LogP contribution in [0.2, 0.25) is 10.0 Å². The molecule has 3 nitrogen and oxygen atoms in total. The molecule has 0 aliphatic heterocycles. The maximum Gasteiger partial charge on any atom is 0.187 e. The summed E-state index contributed by atoms with van der Waals surface area (Å²) in [4.78, 5) is 12.3. The molecule has 0 unspecified atom stereocenters. The van der Waals surface area contributed by atoms with E-state index in [1.807, 2.05) is 37.3 Å². The number of ether oxygens (including phenoxy) is 1. The van der Waals surface area contributed by atoms with Crippen LogP contribution in [0.4, 0.5) is 5.69 Å². The summed E-state index contributed by atoms with van der Waals surface area (Å²) in [6, 6.07) is 20.2. The van der Waals surface area contributed by atoms with E-state index in [0.29, 0.717) is 28.0 Å². The van der Waals surface area contributed by atoms with Crippen molar-refractivity contribution in [2.45, 2.75) is 13.5 Å². The van der Waals surface area contributed by atoms with Crippen LogP contribution in [-0.4, -0.2) is 5.78 Å². The molecular weight excluding hydrogens is 393 g/mol. The Hall–Kier alpha value is -2.75. The number of rotatable bonds is 7. The van der Waals surface area contributed by atoms with Crippen molar-refractivity contribution in [2.24, 2.45) is 0 Å². The highest BCUT2D eigenvalue weighted by Gasteiger charge is 2.05. The van der Waals surface area contributed by atoms with Crippen LogP contribution >= 0.6 is 23.2 Å². The van der Waals surface area contributed by atoms with Crippen molar-refractivity contribution in [1.29, 1.82) is 0 Å². The van der Waals surface area contributed by atoms with Crippen molar-refractivity contribution in [3.8, 4) is 5.75 Å². The summed E-state index contributed by atoms with van der Waals surface area (Å²) in [5, 5.41) is 4.23. The van der Waals surface area contributed by atoms with Gasteiger partial charge in [-0.3, -0.25) is 4.79 Å². The van der Waals surface area contributed by atoms with Gasteiger partial charge in [-0.05, 0) is 55.5 Å². The average molecular weight is 412 g/mol. The maximum absolute atomic E-state index is 12.3. The number of carbonyl (C=O) groups is 1. The standard InChI is InChI=1S/C23H19Cl2NO2/c1-16-2-8-20(9-3-16)26-13-12-23(27)17-5-10-21(11-6-17)28-15-18-4-7-19(24)14-22(18)25/h2-14,26H,15H2,1H3/b13-12+. The van der Waals surface area contributed by atoms with Crippen molar-refractivity contribution < 1.29 is 9.53 Å². The quantitative estimate of drug-likeness (QED) is 0.347. The highest BCUT2D eigenvalue weighted by Crippen LogP contribution is 2.23. The topological polar surface area (TPSA) is 38.3 Å². The van der Waals surface area contributed by atoms with E-state index in [4.69, 9.17) is 27.9 Å². The number of hydrogen-bond acceptors (Lipinski definition) is 3. The third-order valence-electron chi connectivity index (χ3n) is 4.08. The molecule has 3 aromatic carbocycles. The van der Waals surface area contributed by atoms with Crippen LogP contribution in [0.3, 0.4) is 0 Å². The third-order valence-corrected chi connectivity index (χ3v) is 4.67. The number of halogens is 2. The van der Waals surface area contributed by atoms with Gasteiger partial charge >= 0.3 is 0 Å². The number of nitrogens with one attached hydrogen (secondary N) is 1. The smallest absolute Gasteiger partial charge is 0.187 e. The Bertz CT molecular complexity index is 980. The summed E-state index contributed by atoms with van der Waals surface area (Å²) in [7, 11) is 0. The van der Waals surface area contributed by atoms with E-state index in [0.717, 1.165) is 11.3 Å². The van der Waals surface area contributed by atoms with Crippen LogP contribution in [0.1, 0.15) is 21.5 Å². The van der Waals surface area contributed by atoms with Crippen molar-refractivity contribution in [1.82, 2.24) is 0 Å². The lowest BCUT2D eigenvalue weighted by Crippen LogP contribution is -1.99. The molecule has 5 heteroatoms. The van der Waals surface area contributed by atoms with Gasteiger partial charge in [-0.2, -0.15) is 0 Å². The van der Waals surface area contributed by atoms with Crippen molar-refractivity contribution in [3.05, 3.63) is 106 Å². The monoisotopic (exact) mass is 411 g/mol. The lowest BCUT2D eigenvalue weighted by atomic mass is 10.1. The number of ketones is 1. The zero-order chi connectivity index (χ0) is 19.9. The first-order valence-electron chi connectivity index (χ1n) is 8.72. The molecule has 0 radical (unpaired) electrons. The maximum atomic E-state index is 12.3. The molecule has 1 N–H and O–H groups in total. The summed E-state index contributed by atoms with van der Waals surface area (Å²) in [5.41, 5.74) is 3.54. The minimum atomic E-state index is -0.0908. The van der Waals surface area contributed by atoms with Crippen LogP contribution in [0.25, 0.3) is 0 Å². The number of anilines is 1. The molecule has 28 heavy (non-hydrogen) atoms. The van der Waals surface area contributed by atoms with Gasteiger partial charge in [0.1, 0.15) is 12.4 Å². The number of allylic oxidation sites excluding steroid dienone is 1. The minimum Gasteiger partial charge on any atom is -0.489 e. The van der Waals surface area contributed by atoms with Gasteiger partial charge in [0.2, 0.25) is 0 Å². The fraction of sp³-hybridized carbons (Fsp3) is 0.0870. The van der Waals surface area contributed by atoms with Crippen LogP contribution in [0.5, 0.6) is 5.75 Å². The Kier molecular flexibility index (Phi) is 6.75. The first-order chi connectivity index (χ1) is 13.5. The Morgan fingerprint density at radius 3 is 2.39 bits per heavy atom. The van der Waals surface area contributed by atoms with E-state index in [1.165, 1.54) is 11.6 Å². The summed E-state index contributed by atoms with van der Waals surface area (Å²) in [5.74, 6) is 0.566. The van der Waals surface area contributed by atoms with Gasteiger partial charge in [-0.25, -0.2) is 0 Å². The Morgan fingerprint density at radius 1 is 1.00 bits per heavy atom. The first kappa shape index (κ1) is 20.0. The van der Waals surface area contributed by atoms with Gasteiger partial charge < -0.3 is 10.1 Å². The van der Waals surface area contributed by atoms with Gasteiger partial charge in [0.15, 0.2) is 5.78 Å². The Morgan fingerprint density at radius 2 is 1.71 bits per heavy atom. The van der Waals surface area contributed by atoms with Crippen LogP contribution in [0.15, 0.2) is 79.0 Å². The molecule has 0 saturated carbocycles. The number of hydrogen-bond donors (Lipinski definition) is 1. The Balaban J connectivity index is 1.54. The van der Waals surface area contributed by atoms with Crippen LogP contribution in [-0.2, 0) is 6.61 Å². The average Bonchev–Trinajstić information content (AvgIpc) is 2.69. The van der Waals surface area contributed by atoms with Gasteiger partial charge in [0, 0.05) is 39.1 Å². The van der Waals surface area contributed by atoms with Gasteiger partial charge in [-0.1, -0.05) is 47.0 Å². The SMILES string of the molecule is Cc1ccc(N/C=C/C(=O)c2ccc(OCc3ccc(Cl)cc3Cl)cc2)cc1. The molecule has 0 fully saturated rings. The fourth-order valence-corrected chi connectivity index (χ4v) is 2.94. The van der Waals surface area contributed by atoms with Crippen LogP contribution in [0, 0.1) is 6.92 Å². The summed E-state index contributed by atoms with van der Waals surface area (Å²) in [6.45, 7) is 2.35. The van der Waals surface area contributed by atoms with Crippen molar-refractivity contribution in [2.75, 3.05) is 5.32 Å². The first-order valence-corrected chi connectivity index (χ1v) is 9.48. The second kappa shape index (κ2) is 9.45. The van der Waals surface area contributed by atoms with Gasteiger partial charge in [0.25, 0.3) is 0 Å². The molecule has 3 rings (SSSR count). The number of aryl methyl sites for hydroxylation is 1. The highest BCUT2D eigenvalue weighted by molar-refractivity contribution is 6.35. The molecule has 0 spiro atoms. The predicted octanol–water partition coefficient (Wildman–Crippen LogP) is 6.69. The normalized spacial score (nSPS) is 10.8. The molecular formula is C23H19Cl2NO2. The largest absolute Gasteiger partial charge is 0.489 e. The molecule has 142 valence electrons. The van der Waals surface area contributed by atoms with Gasteiger partial charge in [0.05, 0.1) is 0 Å². The molecule has 0 amide bonds. The third kappa shape index (κ3) is 5.62. The van der Waals surface area contributed by atoms with E-state index in [-0.39, 0.29) is 5.78 Å². The summed E-state index contributed by atoms with van der Waals surface area (Å²) < 4.78 is 5.73. The molecule has 0 bridgehead atoms. The molecule has 0 heterocycles. The van der Waals surface area contributed by atoms with E-state index in [2.05, 4.69) is 5.32 Å². The number of benzene rings is 3. The Labute approximate surface area is 174 Å². The lowest BCUT2D eigenvalue weighted by molar-refractivity contribution is 0.104. The van der Waals surface area contributed by atoms with Crippen molar-refractivity contribution in [3.63, 3.8) is 0 Å². The molecule has 0 aliphatic carbocycles. The number of carbonyl (C=O) groups excluding carboxylic acids is 1.